The number of hydrogen-bond donors (Lipinski definition) is 0. The highest BCUT2D eigenvalue weighted by atomic mass is 19.4. The lowest BCUT2D eigenvalue weighted by Crippen LogP contribution is -2.43. The molecule has 0 aromatic heterocycles. The van der Waals surface area contributed by atoms with Crippen LogP contribution in [0.4, 0.5) is 13.2 Å². The van der Waals surface area contributed by atoms with Gasteiger partial charge in [0.25, 0.3) is 0 Å². The van der Waals surface area contributed by atoms with Crippen molar-refractivity contribution in [1.82, 2.24) is 4.90 Å². The minimum atomic E-state index is -4.19. The van der Waals surface area contributed by atoms with E-state index in [1.165, 1.54) is 16.7 Å². The average Bonchev–Trinajstić information content (AvgIpc) is 3.57. The minimum absolute atomic E-state index is 0.107. The van der Waals surface area contributed by atoms with Crippen LogP contribution < -0.4 is 0 Å². The second kappa shape index (κ2) is 8.18. The monoisotopic (exact) mass is 448 g/mol. The van der Waals surface area contributed by atoms with Gasteiger partial charge in [-0.25, -0.2) is 0 Å². The largest absolute Gasteiger partial charge is 0.401 e. The Balaban J connectivity index is 1.41. The van der Waals surface area contributed by atoms with Gasteiger partial charge in [-0.2, -0.15) is 18.4 Å². The summed E-state index contributed by atoms with van der Waals surface area (Å²) in [5.41, 5.74) is 5.44. The van der Waals surface area contributed by atoms with Crippen LogP contribution in [0.2, 0.25) is 0 Å². The Kier molecular flexibility index (Phi) is 5.45. The first kappa shape index (κ1) is 22.0. The number of nitriles is 1. The highest BCUT2D eigenvalue weighted by molar-refractivity contribution is 5.84. The van der Waals surface area contributed by atoms with Crippen molar-refractivity contribution in [3.63, 3.8) is 0 Å². The van der Waals surface area contributed by atoms with Gasteiger partial charge in [-0.15, -0.1) is 0 Å². The van der Waals surface area contributed by atoms with Crippen molar-refractivity contribution in [2.24, 2.45) is 5.92 Å². The highest BCUT2D eigenvalue weighted by Crippen LogP contribution is 2.55. The predicted molar refractivity (Wildman–Crippen MR) is 124 cm³/mol. The minimum Gasteiger partial charge on any atom is -0.287 e. The Hall–Kier alpha value is -2.84. The molecule has 3 atom stereocenters. The maximum atomic E-state index is 13.2. The molecule has 3 aromatic carbocycles. The zero-order valence-electron chi connectivity index (χ0n) is 18.9. The summed E-state index contributed by atoms with van der Waals surface area (Å²) in [6.45, 7) is 3.63. The summed E-state index contributed by atoms with van der Waals surface area (Å²) < 4.78 is 39.6. The van der Waals surface area contributed by atoms with E-state index in [1.54, 1.807) is 4.90 Å². The van der Waals surface area contributed by atoms with Crippen molar-refractivity contribution in [1.29, 1.82) is 5.26 Å². The van der Waals surface area contributed by atoms with Gasteiger partial charge in [0, 0.05) is 12.6 Å². The molecular weight excluding hydrogens is 421 g/mol. The Morgan fingerprint density at radius 2 is 1.64 bits per heavy atom. The van der Waals surface area contributed by atoms with Crippen molar-refractivity contribution in [2.45, 2.75) is 50.7 Å². The highest BCUT2D eigenvalue weighted by Gasteiger charge is 2.42. The molecule has 3 aromatic rings. The standard InChI is InChI=1S/C28H27F3N2/c1-17(2)27-26-13-23(7-5-19(26)9-10-33(27)16-28(29,30)31)25-14-24(25)22-8-6-20-11-18(15-32)3-4-21(20)12-22/h3-8,11-13,17,24-25,27H,9-10,14,16H2,1-2H3. The summed E-state index contributed by atoms with van der Waals surface area (Å²) in [5.74, 6) is 0.933. The molecule has 0 spiro atoms. The second-order valence-corrected chi connectivity index (χ2v) is 9.86. The Bertz CT molecular complexity index is 1240. The van der Waals surface area contributed by atoms with E-state index in [-0.39, 0.29) is 12.0 Å². The van der Waals surface area contributed by atoms with Crippen LogP contribution in [0.5, 0.6) is 0 Å². The van der Waals surface area contributed by atoms with Crippen molar-refractivity contribution in [3.8, 4) is 6.07 Å². The summed E-state index contributed by atoms with van der Waals surface area (Å²) in [4.78, 5) is 1.61. The number of benzene rings is 3. The molecule has 5 heteroatoms. The van der Waals surface area contributed by atoms with Crippen LogP contribution in [0.15, 0.2) is 54.6 Å². The molecule has 0 bridgehead atoms. The van der Waals surface area contributed by atoms with Crippen molar-refractivity contribution < 1.29 is 13.2 Å². The lowest BCUT2D eigenvalue weighted by atomic mass is 9.84. The van der Waals surface area contributed by atoms with Crippen LogP contribution in [0, 0.1) is 17.2 Å². The van der Waals surface area contributed by atoms with Gasteiger partial charge in [0.15, 0.2) is 0 Å². The van der Waals surface area contributed by atoms with Gasteiger partial charge in [0.2, 0.25) is 0 Å². The Morgan fingerprint density at radius 1 is 0.970 bits per heavy atom. The smallest absolute Gasteiger partial charge is 0.287 e. The molecule has 1 aliphatic carbocycles. The van der Waals surface area contributed by atoms with E-state index in [2.05, 4.69) is 42.5 Å². The summed E-state index contributed by atoms with van der Waals surface area (Å²) >= 11 is 0. The van der Waals surface area contributed by atoms with Gasteiger partial charge in [-0.3, -0.25) is 4.90 Å². The molecular formula is C28H27F3N2. The number of nitrogens with zero attached hydrogens (tertiary/aromatic N) is 2. The fourth-order valence-corrected chi connectivity index (χ4v) is 5.63. The maximum Gasteiger partial charge on any atom is 0.401 e. The molecule has 1 heterocycles. The summed E-state index contributed by atoms with van der Waals surface area (Å²) in [6.07, 6.45) is -2.47. The van der Waals surface area contributed by atoms with E-state index in [1.807, 2.05) is 32.0 Å². The van der Waals surface area contributed by atoms with Gasteiger partial charge in [-0.1, -0.05) is 56.3 Å². The fourth-order valence-electron chi connectivity index (χ4n) is 5.63. The number of halogens is 3. The Morgan fingerprint density at radius 3 is 2.33 bits per heavy atom. The van der Waals surface area contributed by atoms with Gasteiger partial charge in [-0.05, 0) is 75.8 Å². The van der Waals surface area contributed by atoms with Crippen LogP contribution in [0.3, 0.4) is 0 Å². The summed E-state index contributed by atoms with van der Waals surface area (Å²) in [6, 6.07) is 20.7. The summed E-state index contributed by atoms with van der Waals surface area (Å²) in [7, 11) is 0. The van der Waals surface area contributed by atoms with Crippen molar-refractivity contribution in [2.75, 3.05) is 13.1 Å². The van der Waals surface area contributed by atoms with Crippen molar-refractivity contribution in [3.05, 3.63) is 82.4 Å². The Labute approximate surface area is 192 Å². The van der Waals surface area contributed by atoms with Crippen molar-refractivity contribution >= 4 is 10.8 Å². The SMILES string of the molecule is CC(C)C1c2cc(C3CC3c3ccc4cc(C#N)ccc4c3)ccc2CCN1CC(F)(F)F. The zero-order chi connectivity index (χ0) is 23.3. The maximum absolute atomic E-state index is 13.2. The molecule has 170 valence electrons. The zero-order valence-corrected chi connectivity index (χ0v) is 18.9. The van der Waals surface area contributed by atoms with Crippen LogP contribution in [0.25, 0.3) is 10.8 Å². The van der Waals surface area contributed by atoms with Crippen LogP contribution in [0.1, 0.15) is 66.0 Å². The predicted octanol–water partition coefficient (Wildman–Crippen LogP) is 7.10. The first-order valence-corrected chi connectivity index (χ1v) is 11.6. The van der Waals surface area contributed by atoms with Crippen LogP contribution in [-0.2, 0) is 6.42 Å². The molecule has 0 radical (unpaired) electrons. The van der Waals surface area contributed by atoms with Gasteiger partial charge in [0.1, 0.15) is 0 Å². The van der Waals surface area contributed by atoms with Gasteiger partial charge < -0.3 is 0 Å². The molecule has 3 unspecified atom stereocenters. The number of rotatable bonds is 4. The normalized spacial score (nSPS) is 22.9. The molecule has 1 aliphatic heterocycles. The van der Waals surface area contributed by atoms with E-state index in [4.69, 9.17) is 5.26 Å². The lowest BCUT2D eigenvalue weighted by molar-refractivity contribution is -0.154. The molecule has 5 rings (SSSR count). The van der Waals surface area contributed by atoms with Crippen LogP contribution in [-0.4, -0.2) is 24.2 Å². The average molecular weight is 449 g/mol. The molecule has 1 fully saturated rings. The molecule has 1 saturated carbocycles. The van der Waals surface area contributed by atoms with Crippen LogP contribution >= 0.6 is 0 Å². The van der Waals surface area contributed by atoms with E-state index >= 15 is 0 Å². The molecule has 0 saturated heterocycles. The van der Waals surface area contributed by atoms with Gasteiger partial charge in [0.05, 0.1) is 18.2 Å². The van der Waals surface area contributed by atoms with Gasteiger partial charge >= 0.3 is 6.18 Å². The molecule has 0 N–H and O–H groups in total. The van der Waals surface area contributed by atoms with E-state index in [9.17, 15) is 13.2 Å². The quantitative estimate of drug-likeness (QED) is 0.426. The topological polar surface area (TPSA) is 27.0 Å². The summed E-state index contributed by atoms with van der Waals surface area (Å²) in [5, 5.41) is 11.3. The number of fused-ring (bicyclic) bond motifs is 2. The molecule has 2 aliphatic rings. The third kappa shape index (κ3) is 4.37. The molecule has 33 heavy (non-hydrogen) atoms. The fraction of sp³-hybridized carbons (Fsp3) is 0.393. The number of alkyl halides is 3. The number of hydrogen-bond acceptors (Lipinski definition) is 2. The lowest BCUT2D eigenvalue weighted by Gasteiger charge is -2.40. The molecule has 2 nitrogen and oxygen atoms in total. The first-order chi connectivity index (χ1) is 15.7. The van der Waals surface area contributed by atoms with E-state index in [0.29, 0.717) is 30.4 Å². The molecule has 0 amide bonds. The first-order valence-electron chi connectivity index (χ1n) is 11.6. The van der Waals surface area contributed by atoms with E-state index in [0.717, 1.165) is 22.8 Å². The third-order valence-corrected chi connectivity index (χ3v) is 7.20. The third-order valence-electron chi connectivity index (χ3n) is 7.20. The van der Waals surface area contributed by atoms with E-state index < -0.39 is 12.7 Å². The second-order valence-electron chi connectivity index (χ2n) is 9.86.